The summed E-state index contributed by atoms with van der Waals surface area (Å²) in [5.41, 5.74) is 11.8. The summed E-state index contributed by atoms with van der Waals surface area (Å²) in [6, 6.07) is 0. The van der Waals surface area contributed by atoms with Crippen LogP contribution >= 0.6 is 23.1 Å². The summed E-state index contributed by atoms with van der Waals surface area (Å²) in [7, 11) is 0. The maximum atomic E-state index is 11.5. The van der Waals surface area contributed by atoms with Gasteiger partial charge >= 0.3 is 0 Å². The largest absolute Gasteiger partial charge is 0.397 e. The molecule has 0 bridgehead atoms. The quantitative estimate of drug-likeness (QED) is 0.663. The second-order valence-corrected chi connectivity index (χ2v) is 6.76. The number of carbonyl (C=O) groups is 1. The van der Waals surface area contributed by atoms with E-state index in [1.807, 2.05) is 6.26 Å². The maximum absolute atomic E-state index is 11.5. The normalized spacial score (nSPS) is 15.6. The monoisotopic (exact) mass is 323 g/mol. The Hall–Kier alpha value is -1.54. The van der Waals surface area contributed by atoms with E-state index in [1.165, 1.54) is 29.5 Å². The standard InChI is InChI=1S/C13H17N5OS2/c1-20-11-7-8(14)9(10(15)19)21-12(7)17-13(16-11)18-5-3-2-4-6-18/h2-6,14H2,1H3,(H2,15,19). The zero-order chi connectivity index (χ0) is 15.0. The Morgan fingerprint density at radius 3 is 2.62 bits per heavy atom. The van der Waals surface area contributed by atoms with Crippen molar-refractivity contribution in [3.63, 3.8) is 0 Å². The number of hydrogen-bond donors (Lipinski definition) is 2. The fourth-order valence-electron chi connectivity index (χ4n) is 2.55. The predicted octanol–water partition coefficient (Wildman–Crippen LogP) is 2.08. The van der Waals surface area contributed by atoms with Gasteiger partial charge in [0.15, 0.2) is 0 Å². The van der Waals surface area contributed by atoms with E-state index in [0.717, 1.165) is 47.1 Å². The lowest BCUT2D eigenvalue weighted by Crippen LogP contribution is -2.31. The van der Waals surface area contributed by atoms with E-state index in [-0.39, 0.29) is 0 Å². The van der Waals surface area contributed by atoms with Crippen molar-refractivity contribution in [1.29, 1.82) is 0 Å². The van der Waals surface area contributed by atoms with Crippen LogP contribution in [0.25, 0.3) is 10.2 Å². The highest BCUT2D eigenvalue weighted by Gasteiger charge is 2.22. The molecule has 0 unspecified atom stereocenters. The van der Waals surface area contributed by atoms with Gasteiger partial charge in [0.2, 0.25) is 5.95 Å². The number of amides is 1. The lowest BCUT2D eigenvalue weighted by molar-refractivity contribution is 0.100. The number of nitrogen functional groups attached to an aromatic ring is 1. The molecule has 2 aromatic heterocycles. The highest BCUT2D eigenvalue weighted by molar-refractivity contribution is 7.98. The molecule has 0 radical (unpaired) electrons. The number of aromatic nitrogens is 2. The zero-order valence-corrected chi connectivity index (χ0v) is 13.4. The van der Waals surface area contributed by atoms with Gasteiger partial charge in [-0.15, -0.1) is 23.1 Å². The van der Waals surface area contributed by atoms with Gasteiger partial charge in [0.1, 0.15) is 14.7 Å². The molecule has 0 aliphatic carbocycles. The molecule has 4 N–H and O–H groups in total. The van der Waals surface area contributed by atoms with E-state index in [0.29, 0.717) is 10.6 Å². The fourth-order valence-corrected chi connectivity index (χ4v) is 4.14. The lowest BCUT2D eigenvalue weighted by Gasteiger charge is -2.26. The van der Waals surface area contributed by atoms with Gasteiger partial charge in [-0.05, 0) is 25.5 Å². The highest BCUT2D eigenvalue weighted by Crippen LogP contribution is 2.38. The number of piperidine rings is 1. The number of anilines is 2. The van der Waals surface area contributed by atoms with Crippen molar-refractivity contribution in [2.45, 2.75) is 24.3 Å². The molecule has 0 atom stereocenters. The molecule has 1 amide bonds. The summed E-state index contributed by atoms with van der Waals surface area (Å²) < 4.78 is 0. The Labute approximate surface area is 130 Å². The molecule has 112 valence electrons. The average molecular weight is 323 g/mol. The maximum Gasteiger partial charge on any atom is 0.260 e. The number of thioether (sulfide) groups is 1. The third-order valence-electron chi connectivity index (χ3n) is 3.60. The van der Waals surface area contributed by atoms with Crippen LogP contribution in [0.15, 0.2) is 5.03 Å². The van der Waals surface area contributed by atoms with Crippen LogP contribution in [-0.4, -0.2) is 35.2 Å². The van der Waals surface area contributed by atoms with Gasteiger partial charge in [-0.1, -0.05) is 0 Å². The van der Waals surface area contributed by atoms with Gasteiger partial charge in [0, 0.05) is 13.1 Å². The van der Waals surface area contributed by atoms with Gasteiger partial charge in [0.25, 0.3) is 5.91 Å². The van der Waals surface area contributed by atoms with Crippen LogP contribution in [0, 0.1) is 0 Å². The van der Waals surface area contributed by atoms with Crippen molar-refractivity contribution in [2.24, 2.45) is 5.73 Å². The van der Waals surface area contributed by atoms with Crippen LogP contribution in [0.2, 0.25) is 0 Å². The number of nitrogens with two attached hydrogens (primary N) is 2. The van der Waals surface area contributed by atoms with Crippen LogP contribution < -0.4 is 16.4 Å². The first-order valence-corrected chi connectivity index (χ1v) is 8.84. The predicted molar refractivity (Wildman–Crippen MR) is 88.2 cm³/mol. The van der Waals surface area contributed by atoms with Crippen LogP contribution in [0.3, 0.4) is 0 Å². The van der Waals surface area contributed by atoms with E-state index < -0.39 is 5.91 Å². The number of rotatable bonds is 3. The first-order valence-electron chi connectivity index (χ1n) is 6.80. The van der Waals surface area contributed by atoms with Crippen LogP contribution in [0.4, 0.5) is 11.6 Å². The molecule has 0 saturated carbocycles. The number of thiophene rings is 1. The van der Waals surface area contributed by atoms with Crippen molar-refractivity contribution in [1.82, 2.24) is 9.97 Å². The Balaban J connectivity index is 2.14. The van der Waals surface area contributed by atoms with E-state index in [2.05, 4.69) is 14.9 Å². The van der Waals surface area contributed by atoms with Crippen molar-refractivity contribution in [2.75, 3.05) is 30.0 Å². The third-order valence-corrected chi connectivity index (χ3v) is 5.40. The van der Waals surface area contributed by atoms with E-state index >= 15 is 0 Å². The third kappa shape index (κ3) is 2.53. The van der Waals surface area contributed by atoms with Gasteiger partial charge in [-0.2, -0.15) is 0 Å². The Morgan fingerprint density at radius 2 is 2.00 bits per heavy atom. The summed E-state index contributed by atoms with van der Waals surface area (Å²) in [5.74, 6) is 0.214. The minimum absolute atomic E-state index is 0.366. The van der Waals surface area contributed by atoms with E-state index in [9.17, 15) is 4.79 Å². The zero-order valence-electron chi connectivity index (χ0n) is 11.8. The summed E-state index contributed by atoms with van der Waals surface area (Å²) in [5, 5.41) is 1.56. The summed E-state index contributed by atoms with van der Waals surface area (Å²) in [4.78, 5) is 24.0. The van der Waals surface area contributed by atoms with Crippen molar-refractivity contribution in [3.8, 4) is 0 Å². The number of carbonyl (C=O) groups excluding carboxylic acids is 1. The smallest absolute Gasteiger partial charge is 0.260 e. The van der Waals surface area contributed by atoms with E-state index in [4.69, 9.17) is 11.5 Å². The number of nitrogens with zero attached hydrogens (tertiary/aromatic N) is 3. The molecule has 21 heavy (non-hydrogen) atoms. The molecule has 1 aliphatic rings. The van der Waals surface area contributed by atoms with Crippen molar-refractivity contribution in [3.05, 3.63) is 4.88 Å². The van der Waals surface area contributed by atoms with Crippen LogP contribution in [0.1, 0.15) is 28.9 Å². The van der Waals surface area contributed by atoms with Gasteiger partial charge in [0.05, 0.1) is 11.1 Å². The van der Waals surface area contributed by atoms with Gasteiger partial charge in [-0.3, -0.25) is 4.79 Å². The molecular formula is C13H17N5OS2. The van der Waals surface area contributed by atoms with Crippen LogP contribution in [-0.2, 0) is 0 Å². The molecule has 2 aromatic rings. The van der Waals surface area contributed by atoms with Gasteiger partial charge < -0.3 is 16.4 Å². The summed E-state index contributed by atoms with van der Waals surface area (Å²) in [6.07, 6.45) is 5.53. The van der Waals surface area contributed by atoms with Crippen molar-refractivity contribution >= 4 is 50.9 Å². The summed E-state index contributed by atoms with van der Waals surface area (Å²) in [6.45, 7) is 1.95. The fraction of sp³-hybridized carbons (Fsp3) is 0.462. The molecule has 0 spiro atoms. The molecule has 3 heterocycles. The Kier molecular flexibility index (Phi) is 3.90. The second kappa shape index (κ2) is 5.69. The van der Waals surface area contributed by atoms with E-state index in [1.54, 1.807) is 0 Å². The molecule has 1 aliphatic heterocycles. The molecule has 8 heteroatoms. The Bertz CT molecular complexity index is 693. The molecule has 3 rings (SSSR count). The lowest BCUT2D eigenvalue weighted by atomic mass is 10.1. The first-order chi connectivity index (χ1) is 10.1. The molecule has 1 saturated heterocycles. The minimum atomic E-state index is -0.512. The second-order valence-electron chi connectivity index (χ2n) is 4.97. The molecule has 6 nitrogen and oxygen atoms in total. The van der Waals surface area contributed by atoms with Gasteiger partial charge in [-0.25, -0.2) is 9.97 Å². The highest BCUT2D eigenvalue weighted by atomic mass is 32.2. The van der Waals surface area contributed by atoms with Crippen molar-refractivity contribution < 1.29 is 4.79 Å². The first kappa shape index (κ1) is 14.4. The Morgan fingerprint density at radius 1 is 1.29 bits per heavy atom. The molecule has 1 fully saturated rings. The molecule has 0 aromatic carbocycles. The topological polar surface area (TPSA) is 98.1 Å². The summed E-state index contributed by atoms with van der Waals surface area (Å²) >= 11 is 2.76. The number of hydrogen-bond acceptors (Lipinski definition) is 7. The number of fused-ring (bicyclic) bond motifs is 1. The molecular weight excluding hydrogens is 306 g/mol. The average Bonchev–Trinajstić information content (AvgIpc) is 2.85. The minimum Gasteiger partial charge on any atom is -0.397 e. The van der Waals surface area contributed by atoms with Crippen LogP contribution in [0.5, 0.6) is 0 Å². The number of primary amides is 1. The SMILES string of the molecule is CSc1nc(N2CCCCC2)nc2sc(C(N)=O)c(N)c12.